The van der Waals surface area contributed by atoms with Gasteiger partial charge in [-0.25, -0.2) is 13.2 Å². The minimum Gasteiger partial charge on any atom is -0.348 e. The summed E-state index contributed by atoms with van der Waals surface area (Å²) in [7, 11) is 1.76. The molecule has 0 spiro atoms. The zero-order valence-electron chi connectivity index (χ0n) is 13.0. The Morgan fingerprint density at radius 2 is 1.75 bits per heavy atom. The number of nitrogens with zero attached hydrogens (tertiary/aromatic N) is 2. The summed E-state index contributed by atoms with van der Waals surface area (Å²) in [6.07, 6.45) is 0. The van der Waals surface area contributed by atoms with Crippen molar-refractivity contribution >= 4 is 29.9 Å². The SMILES string of the molecule is CN(Cc1cc(F)c(F)c(F)c1)C1=NCC(c2ccccc2)N1.I. The first-order chi connectivity index (χ1) is 11.0. The fourth-order valence-electron chi connectivity index (χ4n) is 2.58. The van der Waals surface area contributed by atoms with Gasteiger partial charge in [-0.2, -0.15) is 0 Å². The largest absolute Gasteiger partial charge is 0.348 e. The van der Waals surface area contributed by atoms with Crippen molar-refractivity contribution in [1.29, 1.82) is 0 Å². The highest BCUT2D eigenvalue weighted by Gasteiger charge is 2.22. The molecule has 0 amide bonds. The van der Waals surface area contributed by atoms with Crippen LogP contribution in [-0.2, 0) is 6.54 Å². The van der Waals surface area contributed by atoms with E-state index in [9.17, 15) is 13.2 Å². The third-order valence-electron chi connectivity index (χ3n) is 3.75. The van der Waals surface area contributed by atoms with Gasteiger partial charge in [0.05, 0.1) is 12.6 Å². The lowest BCUT2D eigenvalue weighted by Gasteiger charge is -2.21. The van der Waals surface area contributed by atoms with E-state index in [4.69, 9.17) is 0 Å². The van der Waals surface area contributed by atoms with Gasteiger partial charge in [0.1, 0.15) is 0 Å². The number of rotatable bonds is 3. The van der Waals surface area contributed by atoms with Gasteiger partial charge in [-0.15, -0.1) is 24.0 Å². The lowest BCUT2D eigenvalue weighted by Crippen LogP contribution is -2.36. The van der Waals surface area contributed by atoms with Crippen LogP contribution in [0.1, 0.15) is 17.2 Å². The molecule has 0 aliphatic carbocycles. The maximum atomic E-state index is 13.3. The highest BCUT2D eigenvalue weighted by molar-refractivity contribution is 14.0. The van der Waals surface area contributed by atoms with Crippen molar-refractivity contribution in [3.63, 3.8) is 0 Å². The maximum Gasteiger partial charge on any atom is 0.194 e. The molecule has 2 aromatic carbocycles. The van der Waals surface area contributed by atoms with Gasteiger partial charge in [-0.3, -0.25) is 4.99 Å². The normalized spacial score (nSPS) is 16.2. The van der Waals surface area contributed by atoms with Crippen LogP contribution in [-0.4, -0.2) is 24.5 Å². The van der Waals surface area contributed by atoms with Gasteiger partial charge in [0, 0.05) is 13.6 Å². The van der Waals surface area contributed by atoms with Crippen LogP contribution < -0.4 is 5.32 Å². The van der Waals surface area contributed by atoms with Crippen LogP contribution in [0, 0.1) is 17.5 Å². The van der Waals surface area contributed by atoms with Crippen LogP contribution in [0.25, 0.3) is 0 Å². The smallest absolute Gasteiger partial charge is 0.194 e. The number of benzene rings is 2. The minimum atomic E-state index is -1.45. The Morgan fingerprint density at radius 3 is 2.38 bits per heavy atom. The van der Waals surface area contributed by atoms with E-state index < -0.39 is 17.5 Å². The summed E-state index contributed by atoms with van der Waals surface area (Å²) < 4.78 is 39.5. The molecule has 128 valence electrons. The first-order valence-electron chi connectivity index (χ1n) is 7.25. The van der Waals surface area contributed by atoms with Crippen molar-refractivity contribution in [2.24, 2.45) is 4.99 Å². The molecule has 1 unspecified atom stereocenters. The topological polar surface area (TPSA) is 27.6 Å². The molecule has 0 radical (unpaired) electrons. The predicted molar refractivity (Wildman–Crippen MR) is 97.8 cm³/mol. The van der Waals surface area contributed by atoms with Crippen LogP contribution in [0.3, 0.4) is 0 Å². The summed E-state index contributed by atoms with van der Waals surface area (Å²) in [6.45, 7) is 0.817. The summed E-state index contributed by atoms with van der Waals surface area (Å²) in [5, 5.41) is 3.28. The summed E-state index contributed by atoms with van der Waals surface area (Å²) >= 11 is 0. The van der Waals surface area contributed by atoms with Crippen LogP contribution in [0.4, 0.5) is 13.2 Å². The van der Waals surface area contributed by atoms with Gasteiger partial charge >= 0.3 is 0 Å². The Hall–Kier alpha value is -1.77. The van der Waals surface area contributed by atoms with Gasteiger partial charge in [0.25, 0.3) is 0 Å². The van der Waals surface area contributed by atoms with Crippen molar-refractivity contribution in [2.75, 3.05) is 13.6 Å². The van der Waals surface area contributed by atoms with Gasteiger partial charge < -0.3 is 10.2 Å². The molecule has 7 heteroatoms. The molecule has 0 saturated carbocycles. The van der Waals surface area contributed by atoms with Crippen LogP contribution in [0.5, 0.6) is 0 Å². The standard InChI is InChI=1S/C17H16F3N3.HI/c1-23(10-11-7-13(18)16(20)14(19)8-11)17-21-9-15(22-17)12-5-3-2-4-6-12;/h2-8,15H,9-10H2,1H3,(H,21,22);1H. The second-order valence-corrected chi connectivity index (χ2v) is 5.50. The molecule has 1 heterocycles. The lowest BCUT2D eigenvalue weighted by atomic mass is 10.1. The number of hydrogen-bond donors (Lipinski definition) is 1. The number of halogens is 4. The van der Waals surface area contributed by atoms with E-state index in [1.54, 1.807) is 11.9 Å². The summed E-state index contributed by atoms with van der Waals surface area (Å²) in [5.74, 6) is -3.17. The third kappa shape index (κ3) is 4.00. The predicted octanol–water partition coefficient (Wildman–Crippen LogP) is 3.85. The van der Waals surface area contributed by atoms with Gasteiger partial charge in [-0.1, -0.05) is 30.3 Å². The monoisotopic (exact) mass is 447 g/mol. The van der Waals surface area contributed by atoms with E-state index in [1.165, 1.54) is 0 Å². The van der Waals surface area contributed by atoms with Crippen LogP contribution >= 0.6 is 24.0 Å². The lowest BCUT2D eigenvalue weighted by molar-refractivity contribution is 0.435. The quantitative estimate of drug-likeness (QED) is 0.572. The second-order valence-electron chi connectivity index (χ2n) is 5.50. The van der Waals surface area contributed by atoms with E-state index in [0.717, 1.165) is 17.7 Å². The Morgan fingerprint density at radius 1 is 1.12 bits per heavy atom. The summed E-state index contributed by atoms with van der Waals surface area (Å²) in [6, 6.07) is 12.0. The Balaban J connectivity index is 0.00000208. The third-order valence-corrected chi connectivity index (χ3v) is 3.75. The molecule has 0 saturated heterocycles. The molecule has 3 rings (SSSR count). The first-order valence-corrected chi connectivity index (χ1v) is 7.25. The zero-order valence-corrected chi connectivity index (χ0v) is 15.3. The fraction of sp³-hybridized carbons (Fsp3) is 0.235. The van der Waals surface area contributed by atoms with Crippen LogP contribution in [0.2, 0.25) is 0 Å². The van der Waals surface area contributed by atoms with E-state index in [-0.39, 0.29) is 36.6 Å². The van der Waals surface area contributed by atoms with Crippen molar-refractivity contribution in [2.45, 2.75) is 12.6 Å². The highest BCUT2D eigenvalue weighted by atomic mass is 127. The summed E-state index contributed by atoms with van der Waals surface area (Å²) in [4.78, 5) is 6.17. The van der Waals surface area contributed by atoms with E-state index in [1.807, 2.05) is 30.3 Å². The second kappa shape index (κ2) is 7.87. The van der Waals surface area contributed by atoms with E-state index >= 15 is 0 Å². The highest BCUT2D eigenvalue weighted by Crippen LogP contribution is 2.19. The van der Waals surface area contributed by atoms with Gasteiger partial charge in [0.2, 0.25) is 0 Å². The Bertz CT molecular complexity index is 714. The molecule has 1 atom stereocenters. The molecule has 1 aliphatic rings. The number of nitrogens with one attached hydrogen (secondary N) is 1. The molecule has 2 aromatic rings. The average molecular weight is 447 g/mol. The molecule has 3 nitrogen and oxygen atoms in total. The molecular weight excluding hydrogens is 430 g/mol. The van der Waals surface area contributed by atoms with Gasteiger partial charge in [-0.05, 0) is 23.3 Å². The molecule has 1 aliphatic heterocycles. The first kappa shape index (κ1) is 18.6. The van der Waals surface area contributed by atoms with Gasteiger partial charge in [0.15, 0.2) is 23.4 Å². The Labute approximate surface area is 155 Å². The molecule has 24 heavy (non-hydrogen) atoms. The Kier molecular flexibility index (Phi) is 6.09. The molecule has 0 fully saturated rings. The molecular formula is C17H17F3IN3. The maximum absolute atomic E-state index is 13.3. The fourth-order valence-corrected chi connectivity index (χ4v) is 2.58. The van der Waals surface area contributed by atoms with Crippen molar-refractivity contribution < 1.29 is 13.2 Å². The average Bonchev–Trinajstić information content (AvgIpc) is 3.03. The summed E-state index contributed by atoms with van der Waals surface area (Å²) in [5.41, 5.74) is 1.47. The minimum absolute atomic E-state index is 0. The van der Waals surface area contributed by atoms with Crippen molar-refractivity contribution in [3.05, 3.63) is 71.0 Å². The zero-order chi connectivity index (χ0) is 16.4. The number of aliphatic imine (C=N–C) groups is 1. The van der Waals surface area contributed by atoms with Crippen LogP contribution in [0.15, 0.2) is 47.5 Å². The molecule has 1 N–H and O–H groups in total. The number of guanidine groups is 1. The van der Waals surface area contributed by atoms with Crippen molar-refractivity contribution in [3.8, 4) is 0 Å². The van der Waals surface area contributed by atoms with Crippen molar-refractivity contribution in [1.82, 2.24) is 10.2 Å². The van der Waals surface area contributed by atoms with E-state index in [2.05, 4.69) is 10.3 Å². The molecule has 0 aromatic heterocycles. The number of hydrogen-bond acceptors (Lipinski definition) is 3. The van der Waals surface area contributed by atoms with E-state index in [0.29, 0.717) is 18.1 Å². The molecule has 0 bridgehead atoms.